The molecular formula is C34H29BrFN3O3. The molecular weight excluding hydrogens is 597 g/mol. The number of nitrogens with zero attached hydrogens (tertiary/aromatic N) is 2. The Bertz CT molecular complexity index is 1700. The Balaban J connectivity index is 1.26. The van der Waals surface area contributed by atoms with Crippen LogP contribution < -0.4 is 14.9 Å². The number of halogens is 2. The van der Waals surface area contributed by atoms with E-state index >= 15 is 0 Å². The Hall–Kier alpha value is -4.69. The number of amides is 1. The number of hydrogen-bond acceptors (Lipinski definition) is 4. The SMILES string of the molecule is CCOc1cc(/C=N/NC(=O)c2ccc(-n3c(C)ccc3-c3ccccc3)cc2)c(Br)cc1OCc1ccc(F)cc1. The standard InChI is InChI=1S/C34H29BrFN3O3/c1-3-41-32-19-27(30(35)20-33(32)42-22-24-10-14-28(36)15-11-24)21-37-38-34(40)26-12-16-29(17-13-26)39-23(2)9-18-31(39)25-7-5-4-6-8-25/h4-21H,3,22H2,1-2H3,(H,38,40)/b37-21+. The molecule has 1 amide bonds. The lowest BCUT2D eigenvalue weighted by Crippen LogP contribution is -2.17. The lowest BCUT2D eigenvalue weighted by molar-refractivity contribution is 0.0955. The van der Waals surface area contributed by atoms with Gasteiger partial charge in [-0.25, -0.2) is 9.82 Å². The maximum atomic E-state index is 13.2. The first-order chi connectivity index (χ1) is 20.4. The van der Waals surface area contributed by atoms with Gasteiger partial charge in [-0.05, 0) is 102 Å². The summed E-state index contributed by atoms with van der Waals surface area (Å²) in [6, 6.07) is 31.5. The molecule has 0 aliphatic rings. The summed E-state index contributed by atoms with van der Waals surface area (Å²) in [7, 11) is 0. The highest BCUT2D eigenvalue weighted by Gasteiger charge is 2.13. The number of aromatic nitrogens is 1. The highest BCUT2D eigenvalue weighted by atomic mass is 79.9. The van der Waals surface area contributed by atoms with E-state index in [4.69, 9.17) is 9.47 Å². The Morgan fingerprint density at radius 1 is 0.929 bits per heavy atom. The average Bonchev–Trinajstić information content (AvgIpc) is 3.40. The van der Waals surface area contributed by atoms with Crippen molar-refractivity contribution in [1.29, 1.82) is 0 Å². The molecule has 0 spiro atoms. The second-order valence-corrected chi connectivity index (χ2v) is 10.3. The number of hydrazone groups is 1. The molecule has 1 heterocycles. The molecule has 5 aromatic rings. The van der Waals surface area contributed by atoms with Gasteiger partial charge in [-0.15, -0.1) is 0 Å². The third-order valence-corrected chi connectivity index (χ3v) is 7.26. The van der Waals surface area contributed by atoms with Crippen LogP contribution in [0.4, 0.5) is 4.39 Å². The molecule has 0 aliphatic heterocycles. The van der Waals surface area contributed by atoms with E-state index in [-0.39, 0.29) is 18.3 Å². The topological polar surface area (TPSA) is 64.8 Å². The Kier molecular flexibility index (Phi) is 9.14. The van der Waals surface area contributed by atoms with Crippen molar-refractivity contribution in [3.63, 3.8) is 0 Å². The fourth-order valence-corrected chi connectivity index (χ4v) is 4.90. The number of ether oxygens (including phenoxy) is 2. The van der Waals surface area contributed by atoms with Crippen molar-refractivity contribution in [3.05, 3.63) is 136 Å². The van der Waals surface area contributed by atoms with Crippen molar-refractivity contribution in [2.24, 2.45) is 5.10 Å². The van der Waals surface area contributed by atoms with E-state index in [9.17, 15) is 9.18 Å². The molecule has 0 atom stereocenters. The number of rotatable bonds is 10. The number of benzene rings is 4. The first-order valence-corrected chi connectivity index (χ1v) is 14.2. The van der Waals surface area contributed by atoms with Crippen LogP contribution in [0, 0.1) is 12.7 Å². The van der Waals surface area contributed by atoms with Crippen LogP contribution in [0.1, 0.15) is 34.1 Å². The first kappa shape index (κ1) is 28.8. The molecule has 212 valence electrons. The predicted octanol–water partition coefficient (Wildman–Crippen LogP) is 8.10. The summed E-state index contributed by atoms with van der Waals surface area (Å²) in [5.41, 5.74) is 8.87. The molecule has 0 radical (unpaired) electrons. The van der Waals surface area contributed by atoms with Crippen LogP contribution in [0.25, 0.3) is 16.9 Å². The summed E-state index contributed by atoms with van der Waals surface area (Å²) in [6.07, 6.45) is 1.54. The van der Waals surface area contributed by atoms with Crippen LogP contribution in [0.5, 0.6) is 11.5 Å². The van der Waals surface area contributed by atoms with Crippen molar-refractivity contribution < 1.29 is 18.7 Å². The van der Waals surface area contributed by atoms with E-state index in [1.54, 1.807) is 36.4 Å². The molecule has 0 saturated heterocycles. The largest absolute Gasteiger partial charge is 0.490 e. The van der Waals surface area contributed by atoms with Gasteiger partial charge in [0.1, 0.15) is 12.4 Å². The average molecular weight is 627 g/mol. The fourth-order valence-electron chi connectivity index (χ4n) is 4.48. The predicted molar refractivity (Wildman–Crippen MR) is 167 cm³/mol. The molecule has 0 fully saturated rings. The van der Waals surface area contributed by atoms with Gasteiger partial charge in [-0.3, -0.25) is 4.79 Å². The van der Waals surface area contributed by atoms with E-state index in [2.05, 4.69) is 62.2 Å². The molecule has 1 aromatic heterocycles. The van der Waals surface area contributed by atoms with Gasteiger partial charge in [0.05, 0.1) is 18.5 Å². The van der Waals surface area contributed by atoms with Crippen molar-refractivity contribution in [1.82, 2.24) is 9.99 Å². The van der Waals surface area contributed by atoms with Gasteiger partial charge < -0.3 is 14.0 Å². The van der Waals surface area contributed by atoms with E-state index in [0.29, 0.717) is 33.7 Å². The smallest absolute Gasteiger partial charge is 0.271 e. The second-order valence-electron chi connectivity index (χ2n) is 9.48. The zero-order chi connectivity index (χ0) is 29.5. The van der Waals surface area contributed by atoms with Gasteiger partial charge in [-0.2, -0.15) is 5.10 Å². The van der Waals surface area contributed by atoms with E-state index < -0.39 is 0 Å². The minimum atomic E-state index is -0.328. The van der Waals surface area contributed by atoms with Crippen molar-refractivity contribution >= 4 is 28.1 Å². The molecule has 1 N–H and O–H groups in total. The van der Waals surface area contributed by atoms with Gasteiger partial charge in [0.15, 0.2) is 11.5 Å². The van der Waals surface area contributed by atoms with Gasteiger partial charge in [0, 0.05) is 27.0 Å². The maximum Gasteiger partial charge on any atom is 0.271 e. The Morgan fingerprint density at radius 2 is 1.64 bits per heavy atom. The van der Waals surface area contributed by atoms with Gasteiger partial charge in [0.25, 0.3) is 5.91 Å². The van der Waals surface area contributed by atoms with Gasteiger partial charge in [-0.1, -0.05) is 42.5 Å². The Labute approximate surface area is 252 Å². The maximum absolute atomic E-state index is 13.2. The van der Waals surface area contributed by atoms with Gasteiger partial charge in [0.2, 0.25) is 0 Å². The fraction of sp³-hybridized carbons (Fsp3) is 0.118. The van der Waals surface area contributed by atoms with E-state index in [1.807, 2.05) is 37.3 Å². The van der Waals surface area contributed by atoms with Gasteiger partial charge >= 0.3 is 0 Å². The number of aryl methyl sites for hydroxylation is 1. The molecule has 0 unspecified atom stereocenters. The third-order valence-electron chi connectivity index (χ3n) is 6.57. The molecule has 0 bridgehead atoms. The summed E-state index contributed by atoms with van der Waals surface area (Å²) < 4.78 is 27.8. The highest BCUT2D eigenvalue weighted by molar-refractivity contribution is 9.10. The summed E-state index contributed by atoms with van der Waals surface area (Å²) in [6.45, 7) is 4.63. The molecule has 4 aromatic carbocycles. The van der Waals surface area contributed by atoms with Crippen molar-refractivity contribution in [2.45, 2.75) is 20.5 Å². The Morgan fingerprint density at radius 3 is 2.36 bits per heavy atom. The van der Waals surface area contributed by atoms with Crippen LogP contribution >= 0.6 is 15.9 Å². The van der Waals surface area contributed by atoms with Crippen LogP contribution in [0.2, 0.25) is 0 Å². The number of nitrogens with one attached hydrogen (secondary N) is 1. The zero-order valence-corrected chi connectivity index (χ0v) is 24.8. The quantitative estimate of drug-likeness (QED) is 0.126. The third kappa shape index (κ3) is 6.78. The minimum Gasteiger partial charge on any atom is -0.490 e. The molecule has 42 heavy (non-hydrogen) atoms. The van der Waals surface area contributed by atoms with Crippen molar-refractivity contribution in [3.8, 4) is 28.4 Å². The molecule has 6 nitrogen and oxygen atoms in total. The normalized spacial score (nSPS) is 11.0. The lowest BCUT2D eigenvalue weighted by Gasteiger charge is -2.14. The first-order valence-electron chi connectivity index (χ1n) is 13.4. The molecule has 5 rings (SSSR count). The molecule has 8 heteroatoms. The highest BCUT2D eigenvalue weighted by Crippen LogP contribution is 2.34. The summed E-state index contributed by atoms with van der Waals surface area (Å²) in [5, 5.41) is 4.16. The summed E-state index contributed by atoms with van der Waals surface area (Å²) >= 11 is 3.54. The number of carbonyl (C=O) groups excluding carboxylic acids is 1. The number of hydrogen-bond donors (Lipinski definition) is 1. The lowest BCUT2D eigenvalue weighted by atomic mass is 10.1. The van der Waals surface area contributed by atoms with E-state index in [1.165, 1.54) is 18.3 Å². The summed E-state index contributed by atoms with van der Waals surface area (Å²) in [5.74, 6) is 0.434. The summed E-state index contributed by atoms with van der Waals surface area (Å²) in [4.78, 5) is 12.8. The number of carbonyl (C=O) groups is 1. The molecule has 0 saturated carbocycles. The van der Waals surface area contributed by atoms with Crippen LogP contribution in [-0.4, -0.2) is 23.3 Å². The van der Waals surface area contributed by atoms with Crippen molar-refractivity contribution in [2.75, 3.05) is 6.61 Å². The van der Waals surface area contributed by atoms with E-state index in [0.717, 1.165) is 28.2 Å². The second kappa shape index (κ2) is 13.3. The van der Waals surface area contributed by atoms with Crippen LogP contribution in [-0.2, 0) is 6.61 Å². The zero-order valence-electron chi connectivity index (χ0n) is 23.2. The molecule has 0 aliphatic carbocycles. The minimum absolute atomic E-state index is 0.256. The van der Waals surface area contributed by atoms with Crippen LogP contribution in [0.3, 0.4) is 0 Å². The monoisotopic (exact) mass is 625 g/mol. The van der Waals surface area contributed by atoms with Crippen LogP contribution in [0.15, 0.2) is 113 Å².